The van der Waals surface area contributed by atoms with Crippen LogP contribution in [-0.2, 0) is 16.1 Å². The van der Waals surface area contributed by atoms with Gasteiger partial charge in [0.2, 0.25) is 5.91 Å². The molecule has 0 saturated carbocycles. The number of hydrogen-bond acceptors (Lipinski definition) is 4. The molecule has 3 rings (SSSR count). The van der Waals surface area contributed by atoms with Gasteiger partial charge in [0.1, 0.15) is 28.5 Å². The van der Waals surface area contributed by atoms with Gasteiger partial charge in [0.25, 0.3) is 5.91 Å². The minimum Gasteiger partial charge on any atom is -0.394 e. The van der Waals surface area contributed by atoms with Gasteiger partial charge in [-0.1, -0.05) is 17.7 Å². The van der Waals surface area contributed by atoms with Crippen molar-refractivity contribution in [3.8, 4) is 0 Å². The summed E-state index contributed by atoms with van der Waals surface area (Å²) in [6.07, 6.45) is 1.71. The Hall–Kier alpha value is -2.48. The maximum absolute atomic E-state index is 13.7. The number of halogens is 3. The summed E-state index contributed by atoms with van der Waals surface area (Å²) >= 11 is 6.18. The summed E-state index contributed by atoms with van der Waals surface area (Å²) in [5, 5.41) is -0.0553. The smallest absolute Gasteiger partial charge is 0.270 e. The number of nitrogens with zero attached hydrogens (tertiary/aromatic N) is 3. The van der Waals surface area contributed by atoms with Crippen molar-refractivity contribution in [3.63, 3.8) is 0 Å². The minimum absolute atomic E-state index is 0.0553. The first-order valence-corrected chi connectivity index (χ1v) is 9.36. The lowest BCUT2D eigenvalue weighted by Crippen LogP contribution is -2.55. The molecule has 0 bridgehead atoms. The van der Waals surface area contributed by atoms with Gasteiger partial charge in [0, 0.05) is 31.3 Å². The SMILES string of the molecule is CN1CCCC(N2CCC(C(Cl)=NCc3c(F)cccc3F)=C(N)C2=O)C1=O. The van der Waals surface area contributed by atoms with E-state index in [4.69, 9.17) is 17.3 Å². The van der Waals surface area contributed by atoms with Gasteiger partial charge in [-0.25, -0.2) is 8.78 Å². The number of likely N-dealkylation sites (tertiary alicyclic amines) is 1. The summed E-state index contributed by atoms with van der Waals surface area (Å²) in [5.41, 5.74) is 6.01. The molecule has 0 aliphatic carbocycles. The number of benzene rings is 1. The summed E-state index contributed by atoms with van der Waals surface area (Å²) in [7, 11) is 1.71. The first-order valence-electron chi connectivity index (χ1n) is 8.99. The molecule has 2 aliphatic rings. The lowest BCUT2D eigenvalue weighted by atomic mass is 9.98. The van der Waals surface area contributed by atoms with E-state index in [1.165, 1.54) is 11.0 Å². The number of aliphatic imine (C=N–C) groups is 1. The van der Waals surface area contributed by atoms with Gasteiger partial charge in [-0.3, -0.25) is 14.6 Å². The zero-order valence-corrected chi connectivity index (χ0v) is 16.2. The molecule has 0 aromatic heterocycles. The van der Waals surface area contributed by atoms with E-state index >= 15 is 0 Å². The van der Waals surface area contributed by atoms with Gasteiger partial charge in [0.05, 0.1) is 6.54 Å². The monoisotopic (exact) mass is 410 g/mol. The van der Waals surface area contributed by atoms with Crippen molar-refractivity contribution in [3.05, 3.63) is 46.7 Å². The predicted octanol–water partition coefficient (Wildman–Crippen LogP) is 2.17. The Bertz CT molecular complexity index is 851. The molecule has 0 radical (unpaired) electrons. The molecule has 6 nitrogen and oxygen atoms in total. The number of nitrogens with two attached hydrogens (primary N) is 1. The summed E-state index contributed by atoms with van der Waals surface area (Å²) in [5.74, 6) is -2.02. The van der Waals surface area contributed by atoms with Crippen LogP contribution in [0.2, 0.25) is 0 Å². The fraction of sp³-hybridized carbons (Fsp3) is 0.421. The van der Waals surface area contributed by atoms with Crippen LogP contribution in [0, 0.1) is 11.6 Å². The van der Waals surface area contributed by atoms with Gasteiger partial charge in [-0.05, 0) is 31.4 Å². The molecule has 1 saturated heterocycles. The molecular weight excluding hydrogens is 390 g/mol. The number of carbonyl (C=O) groups excluding carboxylic acids is 2. The first-order chi connectivity index (χ1) is 13.3. The molecule has 2 aliphatic heterocycles. The van der Waals surface area contributed by atoms with Crippen LogP contribution in [0.5, 0.6) is 0 Å². The highest BCUT2D eigenvalue weighted by Gasteiger charge is 2.38. The topological polar surface area (TPSA) is 79.0 Å². The van der Waals surface area contributed by atoms with Gasteiger partial charge < -0.3 is 15.5 Å². The van der Waals surface area contributed by atoms with Crippen LogP contribution >= 0.6 is 11.6 Å². The maximum atomic E-state index is 13.7. The average Bonchev–Trinajstić information content (AvgIpc) is 2.66. The van der Waals surface area contributed by atoms with Gasteiger partial charge in [-0.2, -0.15) is 0 Å². The summed E-state index contributed by atoms with van der Waals surface area (Å²) < 4.78 is 27.4. The third kappa shape index (κ3) is 3.87. The van der Waals surface area contributed by atoms with Crippen molar-refractivity contribution in [1.29, 1.82) is 0 Å². The van der Waals surface area contributed by atoms with Crippen LogP contribution in [0.15, 0.2) is 34.5 Å². The zero-order valence-electron chi connectivity index (χ0n) is 15.4. The van der Waals surface area contributed by atoms with Crippen molar-refractivity contribution in [2.24, 2.45) is 10.7 Å². The van der Waals surface area contributed by atoms with E-state index in [1.54, 1.807) is 11.9 Å². The normalized spacial score (nSPS) is 21.6. The third-order valence-electron chi connectivity index (χ3n) is 5.11. The van der Waals surface area contributed by atoms with Gasteiger partial charge in [-0.15, -0.1) is 0 Å². The summed E-state index contributed by atoms with van der Waals surface area (Å²) in [6.45, 7) is 0.635. The van der Waals surface area contributed by atoms with Crippen LogP contribution in [-0.4, -0.2) is 53.0 Å². The summed E-state index contributed by atoms with van der Waals surface area (Å²) in [4.78, 5) is 32.2. The van der Waals surface area contributed by atoms with Crippen molar-refractivity contribution >= 4 is 28.6 Å². The quantitative estimate of drug-likeness (QED) is 0.772. The molecule has 9 heteroatoms. The molecule has 28 heavy (non-hydrogen) atoms. The second-order valence-electron chi connectivity index (χ2n) is 6.87. The molecule has 1 aromatic rings. The van der Waals surface area contributed by atoms with Crippen molar-refractivity contribution in [2.45, 2.75) is 31.8 Å². The zero-order chi connectivity index (χ0) is 20.4. The second kappa shape index (κ2) is 8.26. The minimum atomic E-state index is -0.721. The van der Waals surface area contributed by atoms with E-state index in [0.717, 1.165) is 18.6 Å². The van der Waals surface area contributed by atoms with Crippen molar-refractivity contribution in [2.75, 3.05) is 20.1 Å². The second-order valence-corrected chi connectivity index (χ2v) is 7.22. The summed E-state index contributed by atoms with van der Waals surface area (Å²) in [6, 6.07) is 3.00. The Balaban J connectivity index is 1.78. The number of hydrogen-bond donors (Lipinski definition) is 1. The average molecular weight is 411 g/mol. The van der Waals surface area contributed by atoms with Gasteiger partial charge >= 0.3 is 0 Å². The molecule has 1 fully saturated rings. The number of rotatable bonds is 4. The van der Waals surface area contributed by atoms with Crippen LogP contribution < -0.4 is 5.73 Å². The Morgan fingerprint density at radius 3 is 2.64 bits per heavy atom. The third-order valence-corrected chi connectivity index (χ3v) is 5.46. The molecule has 1 atom stereocenters. The molecule has 2 heterocycles. The lowest BCUT2D eigenvalue weighted by Gasteiger charge is -2.39. The van der Waals surface area contributed by atoms with E-state index in [9.17, 15) is 18.4 Å². The first kappa shape index (κ1) is 20.3. The van der Waals surface area contributed by atoms with E-state index in [-0.39, 0.29) is 35.4 Å². The fourth-order valence-electron chi connectivity index (χ4n) is 3.49. The highest BCUT2D eigenvalue weighted by Crippen LogP contribution is 2.25. The molecule has 150 valence electrons. The van der Waals surface area contributed by atoms with Crippen LogP contribution in [0.1, 0.15) is 24.8 Å². The number of likely N-dealkylation sites (N-methyl/N-ethyl adjacent to an activating group) is 1. The number of amides is 2. The van der Waals surface area contributed by atoms with Crippen molar-refractivity contribution < 1.29 is 18.4 Å². The highest BCUT2D eigenvalue weighted by molar-refractivity contribution is 6.69. The molecule has 2 N–H and O–H groups in total. The highest BCUT2D eigenvalue weighted by atomic mass is 35.5. The van der Waals surface area contributed by atoms with Gasteiger partial charge in [0.15, 0.2) is 0 Å². The molecule has 0 spiro atoms. The fourth-order valence-corrected chi connectivity index (χ4v) is 3.75. The van der Waals surface area contributed by atoms with Crippen LogP contribution in [0.3, 0.4) is 0 Å². The van der Waals surface area contributed by atoms with E-state index < -0.39 is 23.6 Å². The Labute approximate surface area is 166 Å². The standard InChI is InChI=1S/C19H21ClF2N4O2/c1-25-8-3-6-15(18(25)27)26-9-7-11(16(23)19(26)28)17(20)24-10-12-13(21)4-2-5-14(12)22/h2,4-5,15H,3,6-10,23H2,1H3. The molecule has 2 amide bonds. The molecule has 1 unspecified atom stereocenters. The molecule has 1 aromatic carbocycles. The predicted molar refractivity (Wildman–Crippen MR) is 102 cm³/mol. The Morgan fingerprint density at radius 1 is 1.29 bits per heavy atom. The van der Waals surface area contributed by atoms with E-state index in [1.807, 2.05) is 0 Å². The lowest BCUT2D eigenvalue weighted by molar-refractivity contribution is -0.146. The Morgan fingerprint density at radius 2 is 1.96 bits per heavy atom. The Kier molecular flexibility index (Phi) is 5.98. The largest absolute Gasteiger partial charge is 0.394 e. The van der Waals surface area contributed by atoms with Crippen LogP contribution in [0.25, 0.3) is 0 Å². The van der Waals surface area contributed by atoms with E-state index in [2.05, 4.69) is 4.99 Å². The number of piperidine rings is 1. The van der Waals surface area contributed by atoms with Crippen LogP contribution in [0.4, 0.5) is 8.78 Å². The van der Waals surface area contributed by atoms with E-state index in [0.29, 0.717) is 25.0 Å². The molecular formula is C19H21ClF2N4O2. The maximum Gasteiger partial charge on any atom is 0.270 e. The van der Waals surface area contributed by atoms with Crippen molar-refractivity contribution in [1.82, 2.24) is 9.80 Å². The number of carbonyl (C=O) groups is 2.